The summed E-state index contributed by atoms with van der Waals surface area (Å²) >= 11 is 0. The Morgan fingerprint density at radius 2 is 1.96 bits per heavy atom. The zero-order valence-corrected chi connectivity index (χ0v) is 12.8. The van der Waals surface area contributed by atoms with Crippen LogP contribution in [0.5, 0.6) is 11.5 Å². The maximum atomic E-state index is 12.0. The first kappa shape index (κ1) is 16.2. The van der Waals surface area contributed by atoms with Gasteiger partial charge in [0.05, 0.1) is 10.5 Å². The molecule has 1 aliphatic rings. The summed E-state index contributed by atoms with van der Waals surface area (Å²) in [6.45, 7) is -0.449. The molecule has 0 fully saturated rings. The zero-order valence-electron chi connectivity index (χ0n) is 12.8. The highest BCUT2D eigenvalue weighted by molar-refractivity contribution is 5.96. The minimum atomic E-state index is -0.701. The fourth-order valence-electron chi connectivity index (χ4n) is 2.13. The number of esters is 1. The molecule has 2 aromatic carbocycles. The molecule has 0 aromatic heterocycles. The van der Waals surface area contributed by atoms with E-state index in [9.17, 15) is 19.7 Å². The van der Waals surface area contributed by atoms with Crippen molar-refractivity contribution in [2.45, 2.75) is 0 Å². The van der Waals surface area contributed by atoms with Crippen LogP contribution in [0.25, 0.3) is 0 Å². The summed E-state index contributed by atoms with van der Waals surface area (Å²) in [5.41, 5.74) is 0.292. The van der Waals surface area contributed by atoms with Crippen LogP contribution in [0, 0.1) is 10.1 Å². The second-order valence-electron chi connectivity index (χ2n) is 5.00. The van der Waals surface area contributed by atoms with Gasteiger partial charge >= 0.3 is 5.97 Å². The highest BCUT2D eigenvalue weighted by atomic mass is 16.7. The third kappa shape index (κ3) is 3.83. The van der Waals surface area contributed by atoms with E-state index in [1.165, 1.54) is 36.4 Å². The molecule has 0 saturated carbocycles. The van der Waals surface area contributed by atoms with Gasteiger partial charge in [-0.15, -0.1) is 0 Å². The van der Waals surface area contributed by atoms with E-state index in [4.69, 9.17) is 14.2 Å². The highest BCUT2D eigenvalue weighted by Gasteiger charge is 2.18. The van der Waals surface area contributed by atoms with Crippen LogP contribution in [-0.2, 0) is 9.53 Å². The lowest BCUT2D eigenvalue weighted by Crippen LogP contribution is -2.20. The molecule has 128 valence electrons. The van der Waals surface area contributed by atoms with Crippen molar-refractivity contribution in [3.05, 3.63) is 58.1 Å². The molecular weight excluding hydrogens is 332 g/mol. The minimum absolute atomic E-state index is 0.0828. The smallest absolute Gasteiger partial charge is 0.338 e. The van der Waals surface area contributed by atoms with Crippen LogP contribution in [0.4, 0.5) is 11.4 Å². The average molecular weight is 344 g/mol. The zero-order chi connectivity index (χ0) is 17.8. The summed E-state index contributed by atoms with van der Waals surface area (Å²) in [5.74, 6) is -0.363. The van der Waals surface area contributed by atoms with E-state index in [1.54, 1.807) is 6.07 Å². The number of anilines is 1. The van der Waals surface area contributed by atoms with Crippen LogP contribution in [0.15, 0.2) is 42.5 Å². The number of hydrogen-bond acceptors (Lipinski definition) is 7. The Kier molecular flexibility index (Phi) is 4.46. The Morgan fingerprint density at radius 3 is 2.76 bits per heavy atom. The van der Waals surface area contributed by atoms with Gasteiger partial charge in [-0.3, -0.25) is 14.9 Å². The third-order valence-electron chi connectivity index (χ3n) is 3.28. The number of non-ortho nitro benzene ring substituents is 1. The Bertz CT molecular complexity index is 850. The number of fused-ring (bicyclic) bond motifs is 1. The number of nitro groups is 1. The fourth-order valence-corrected chi connectivity index (χ4v) is 2.13. The molecule has 0 spiro atoms. The number of carbonyl (C=O) groups is 2. The van der Waals surface area contributed by atoms with E-state index in [2.05, 4.69) is 5.32 Å². The molecule has 1 heterocycles. The van der Waals surface area contributed by atoms with Crippen molar-refractivity contribution in [2.75, 3.05) is 18.7 Å². The molecule has 0 bridgehead atoms. The van der Waals surface area contributed by atoms with E-state index >= 15 is 0 Å². The number of rotatable bonds is 5. The quantitative estimate of drug-likeness (QED) is 0.501. The van der Waals surface area contributed by atoms with E-state index in [-0.39, 0.29) is 23.7 Å². The van der Waals surface area contributed by atoms with Gasteiger partial charge in [0, 0.05) is 17.8 Å². The van der Waals surface area contributed by atoms with Crippen LogP contribution < -0.4 is 14.8 Å². The van der Waals surface area contributed by atoms with Crippen LogP contribution in [0.3, 0.4) is 0 Å². The fraction of sp³-hybridized carbons (Fsp3) is 0.125. The van der Waals surface area contributed by atoms with Crippen LogP contribution in [-0.4, -0.2) is 30.2 Å². The van der Waals surface area contributed by atoms with Gasteiger partial charge in [-0.1, -0.05) is 6.07 Å². The summed E-state index contributed by atoms with van der Waals surface area (Å²) in [6, 6.07) is 9.96. The molecule has 0 radical (unpaired) electrons. The number of amides is 1. The molecule has 0 unspecified atom stereocenters. The molecule has 25 heavy (non-hydrogen) atoms. The number of nitrogens with zero attached hydrogens (tertiary/aromatic N) is 1. The van der Waals surface area contributed by atoms with Gasteiger partial charge in [0.1, 0.15) is 0 Å². The normalized spacial score (nSPS) is 11.7. The topological polar surface area (TPSA) is 117 Å². The van der Waals surface area contributed by atoms with Gasteiger partial charge in [-0.05, 0) is 24.3 Å². The van der Waals surface area contributed by atoms with Crippen molar-refractivity contribution in [3.63, 3.8) is 0 Å². The second kappa shape index (κ2) is 6.87. The summed E-state index contributed by atoms with van der Waals surface area (Å²) in [6.07, 6.45) is 0. The Labute approximate surface area is 141 Å². The number of ether oxygens (including phenoxy) is 3. The van der Waals surface area contributed by atoms with E-state index in [0.717, 1.165) is 0 Å². The number of nitro benzene ring substituents is 1. The lowest BCUT2D eigenvalue weighted by Gasteiger charge is -2.07. The Balaban J connectivity index is 1.56. The van der Waals surface area contributed by atoms with E-state index in [1.807, 2.05) is 0 Å². The lowest BCUT2D eigenvalue weighted by molar-refractivity contribution is -0.384. The third-order valence-corrected chi connectivity index (χ3v) is 3.28. The molecule has 9 nitrogen and oxygen atoms in total. The highest BCUT2D eigenvalue weighted by Crippen LogP contribution is 2.32. The maximum Gasteiger partial charge on any atom is 0.338 e. The van der Waals surface area contributed by atoms with Crippen LogP contribution in [0.1, 0.15) is 10.4 Å². The number of carbonyl (C=O) groups excluding carboxylic acids is 2. The molecular formula is C16H12N2O7. The first-order valence-corrected chi connectivity index (χ1v) is 7.14. The van der Waals surface area contributed by atoms with Gasteiger partial charge in [0.25, 0.3) is 11.6 Å². The van der Waals surface area contributed by atoms with Crippen molar-refractivity contribution in [3.8, 4) is 11.5 Å². The SMILES string of the molecule is O=C(COC(=O)c1ccc2c(c1)OCO2)Nc1cccc([N+](=O)[O-])c1. The van der Waals surface area contributed by atoms with Gasteiger partial charge in [0.15, 0.2) is 18.1 Å². The first-order chi connectivity index (χ1) is 12.0. The lowest BCUT2D eigenvalue weighted by atomic mass is 10.2. The molecule has 1 aliphatic heterocycles. The molecule has 3 rings (SSSR count). The summed E-state index contributed by atoms with van der Waals surface area (Å²) in [4.78, 5) is 33.9. The number of benzene rings is 2. The van der Waals surface area contributed by atoms with Crippen molar-refractivity contribution >= 4 is 23.3 Å². The van der Waals surface area contributed by atoms with E-state index in [0.29, 0.717) is 11.5 Å². The van der Waals surface area contributed by atoms with Crippen molar-refractivity contribution in [1.82, 2.24) is 0 Å². The monoisotopic (exact) mass is 344 g/mol. The van der Waals surface area contributed by atoms with Crippen molar-refractivity contribution < 1.29 is 28.7 Å². The van der Waals surface area contributed by atoms with Crippen LogP contribution in [0.2, 0.25) is 0 Å². The van der Waals surface area contributed by atoms with Crippen molar-refractivity contribution in [2.24, 2.45) is 0 Å². The van der Waals surface area contributed by atoms with E-state index < -0.39 is 23.4 Å². The second-order valence-corrected chi connectivity index (χ2v) is 5.00. The minimum Gasteiger partial charge on any atom is -0.454 e. The van der Waals surface area contributed by atoms with Crippen molar-refractivity contribution in [1.29, 1.82) is 0 Å². The van der Waals surface area contributed by atoms with Gasteiger partial charge < -0.3 is 19.5 Å². The molecule has 0 atom stereocenters. The number of nitrogens with one attached hydrogen (secondary N) is 1. The number of hydrogen-bond donors (Lipinski definition) is 1. The standard InChI is InChI=1S/C16H12N2O7/c19-15(17-11-2-1-3-12(7-11)18(21)22)8-23-16(20)10-4-5-13-14(6-10)25-9-24-13/h1-7H,8-9H2,(H,17,19). The Hall–Kier alpha value is -3.62. The van der Waals surface area contributed by atoms with Crippen LogP contribution >= 0.6 is 0 Å². The predicted octanol–water partition coefficient (Wildman–Crippen LogP) is 2.12. The molecule has 2 aromatic rings. The summed E-state index contributed by atoms with van der Waals surface area (Å²) < 4.78 is 15.2. The Morgan fingerprint density at radius 1 is 1.16 bits per heavy atom. The van der Waals surface area contributed by atoms with Gasteiger partial charge in [-0.25, -0.2) is 4.79 Å². The molecule has 9 heteroatoms. The summed E-state index contributed by atoms with van der Waals surface area (Å²) in [5, 5.41) is 13.1. The van der Waals surface area contributed by atoms with Gasteiger partial charge in [-0.2, -0.15) is 0 Å². The molecule has 0 saturated heterocycles. The summed E-state index contributed by atoms with van der Waals surface area (Å²) in [7, 11) is 0. The predicted molar refractivity (Wildman–Crippen MR) is 84.6 cm³/mol. The molecule has 1 amide bonds. The maximum absolute atomic E-state index is 12.0. The molecule has 1 N–H and O–H groups in total. The van der Waals surface area contributed by atoms with Gasteiger partial charge in [0.2, 0.25) is 6.79 Å². The first-order valence-electron chi connectivity index (χ1n) is 7.14. The average Bonchev–Trinajstić information content (AvgIpc) is 3.07. The largest absolute Gasteiger partial charge is 0.454 e. The molecule has 0 aliphatic carbocycles.